The summed E-state index contributed by atoms with van der Waals surface area (Å²) in [7, 11) is 0. The lowest BCUT2D eigenvalue weighted by atomic mass is 10.0. The fourth-order valence-electron chi connectivity index (χ4n) is 3.05. The number of rotatable bonds is 4. The number of fused-ring (bicyclic) bond motifs is 1. The highest BCUT2D eigenvalue weighted by atomic mass is 16.5. The summed E-state index contributed by atoms with van der Waals surface area (Å²) >= 11 is 0. The first-order valence-corrected chi connectivity index (χ1v) is 8.46. The van der Waals surface area contributed by atoms with E-state index in [1.807, 2.05) is 42.5 Å². The second-order valence-electron chi connectivity index (χ2n) is 6.18. The van der Waals surface area contributed by atoms with Crippen LogP contribution in [0.25, 0.3) is 0 Å². The summed E-state index contributed by atoms with van der Waals surface area (Å²) in [6.45, 7) is 0. The molecule has 1 aliphatic rings. The first-order valence-electron chi connectivity index (χ1n) is 8.46. The van der Waals surface area contributed by atoms with Crippen LogP contribution in [0.5, 0.6) is 5.75 Å². The molecule has 1 atom stereocenters. The number of para-hydroxylation sites is 1. The average Bonchev–Trinajstić information content (AvgIpc) is 3.13. The molecule has 0 aliphatic carbocycles. The Hall–Kier alpha value is -3.40. The van der Waals surface area contributed by atoms with Gasteiger partial charge in [-0.2, -0.15) is 0 Å². The van der Waals surface area contributed by atoms with Crippen LogP contribution in [0.15, 0.2) is 78.9 Å². The largest absolute Gasteiger partial charge is 0.480 e. The monoisotopic (exact) mass is 343 g/mol. The fraction of sp³-hybridized carbons (Fsp3) is 0.0909. The van der Waals surface area contributed by atoms with Crippen molar-refractivity contribution < 1.29 is 14.3 Å². The molecule has 128 valence electrons. The van der Waals surface area contributed by atoms with E-state index < -0.39 is 6.10 Å². The van der Waals surface area contributed by atoms with Gasteiger partial charge in [-0.1, -0.05) is 60.7 Å². The number of ether oxygens (including phenoxy) is 1. The molecule has 0 spiro atoms. The summed E-state index contributed by atoms with van der Waals surface area (Å²) in [5.41, 5.74) is 2.76. The van der Waals surface area contributed by atoms with E-state index in [2.05, 4.69) is 5.32 Å². The Kier molecular flexibility index (Phi) is 4.23. The topological polar surface area (TPSA) is 55.4 Å². The fourth-order valence-corrected chi connectivity index (χ4v) is 3.05. The van der Waals surface area contributed by atoms with Gasteiger partial charge in [0.2, 0.25) is 0 Å². The molecular formula is C22H17NO3. The number of carbonyl (C=O) groups excluding carboxylic acids is 2. The van der Waals surface area contributed by atoms with Crippen molar-refractivity contribution in [2.24, 2.45) is 0 Å². The van der Waals surface area contributed by atoms with Crippen LogP contribution in [0.3, 0.4) is 0 Å². The molecule has 0 aromatic heterocycles. The zero-order valence-electron chi connectivity index (χ0n) is 14.0. The highest BCUT2D eigenvalue weighted by Crippen LogP contribution is 2.28. The van der Waals surface area contributed by atoms with Gasteiger partial charge < -0.3 is 10.1 Å². The lowest BCUT2D eigenvalue weighted by molar-refractivity contribution is -0.122. The number of benzene rings is 3. The summed E-state index contributed by atoms with van der Waals surface area (Å²) in [4.78, 5) is 25.1. The van der Waals surface area contributed by atoms with E-state index in [4.69, 9.17) is 4.74 Å². The number of nitrogens with one attached hydrogen (secondary N) is 1. The maximum absolute atomic E-state index is 12.6. The number of hydrogen-bond acceptors (Lipinski definition) is 3. The molecule has 1 unspecified atom stereocenters. The molecule has 1 heterocycles. The Labute approximate surface area is 151 Å². The Morgan fingerprint density at radius 3 is 2.38 bits per heavy atom. The third kappa shape index (κ3) is 3.22. The van der Waals surface area contributed by atoms with Crippen LogP contribution in [-0.4, -0.2) is 17.8 Å². The zero-order valence-corrected chi connectivity index (χ0v) is 14.0. The van der Waals surface area contributed by atoms with Crippen molar-refractivity contribution >= 4 is 17.4 Å². The van der Waals surface area contributed by atoms with Crippen LogP contribution in [0, 0.1) is 0 Å². The molecule has 0 radical (unpaired) electrons. The van der Waals surface area contributed by atoms with Crippen molar-refractivity contribution in [1.82, 2.24) is 0 Å². The Morgan fingerprint density at radius 1 is 0.846 bits per heavy atom. The van der Waals surface area contributed by atoms with E-state index in [0.29, 0.717) is 23.2 Å². The number of carbonyl (C=O) groups is 2. The van der Waals surface area contributed by atoms with Gasteiger partial charge in [-0.25, -0.2) is 0 Å². The molecule has 4 nitrogen and oxygen atoms in total. The van der Waals surface area contributed by atoms with Gasteiger partial charge in [0.05, 0.1) is 0 Å². The smallest absolute Gasteiger partial charge is 0.265 e. The molecule has 3 aromatic carbocycles. The Bertz CT molecular complexity index is 941. The van der Waals surface area contributed by atoms with Gasteiger partial charge in [0, 0.05) is 23.2 Å². The van der Waals surface area contributed by atoms with Crippen molar-refractivity contribution in [3.05, 3.63) is 95.6 Å². The van der Waals surface area contributed by atoms with Crippen molar-refractivity contribution in [2.45, 2.75) is 12.5 Å². The van der Waals surface area contributed by atoms with Gasteiger partial charge in [-0.3, -0.25) is 9.59 Å². The maximum atomic E-state index is 12.6. The van der Waals surface area contributed by atoms with Gasteiger partial charge in [-0.05, 0) is 23.8 Å². The minimum atomic E-state index is -0.555. The Morgan fingerprint density at radius 2 is 1.58 bits per heavy atom. The quantitative estimate of drug-likeness (QED) is 0.732. The molecule has 1 aliphatic heterocycles. The summed E-state index contributed by atoms with van der Waals surface area (Å²) in [5, 5.41) is 2.85. The minimum Gasteiger partial charge on any atom is -0.480 e. The highest BCUT2D eigenvalue weighted by Gasteiger charge is 2.28. The van der Waals surface area contributed by atoms with E-state index in [-0.39, 0.29) is 11.7 Å². The molecule has 1 N–H and O–H groups in total. The summed E-state index contributed by atoms with van der Waals surface area (Å²) < 4.78 is 5.71. The van der Waals surface area contributed by atoms with Crippen molar-refractivity contribution in [2.75, 3.05) is 5.32 Å². The molecule has 4 heteroatoms. The number of hydrogen-bond donors (Lipinski definition) is 1. The number of amides is 1. The van der Waals surface area contributed by atoms with Gasteiger partial charge in [-0.15, -0.1) is 0 Å². The van der Waals surface area contributed by atoms with Gasteiger partial charge in [0.1, 0.15) is 5.75 Å². The summed E-state index contributed by atoms with van der Waals surface area (Å²) in [5.74, 6) is 0.456. The van der Waals surface area contributed by atoms with Crippen LogP contribution in [0.2, 0.25) is 0 Å². The van der Waals surface area contributed by atoms with Gasteiger partial charge >= 0.3 is 0 Å². The van der Waals surface area contributed by atoms with Crippen LogP contribution < -0.4 is 10.1 Å². The van der Waals surface area contributed by atoms with Crippen LogP contribution in [-0.2, 0) is 11.2 Å². The van der Waals surface area contributed by atoms with E-state index >= 15 is 0 Å². The standard InChI is InChI=1S/C22H17NO3/c24-21(15-7-2-1-3-8-15)17-10-6-11-18(13-17)23-22(25)20-14-16-9-4-5-12-19(16)26-20/h1-13,20H,14H2,(H,23,25). The third-order valence-corrected chi connectivity index (χ3v) is 4.37. The van der Waals surface area contributed by atoms with E-state index in [9.17, 15) is 9.59 Å². The molecule has 4 rings (SSSR count). The number of ketones is 1. The molecule has 0 fully saturated rings. The number of anilines is 1. The molecule has 0 bridgehead atoms. The maximum Gasteiger partial charge on any atom is 0.265 e. The summed E-state index contributed by atoms with van der Waals surface area (Å²) in [6, 6.07) is 23.7. The summed E-state index contributed by atoms with van der Waals surface area (Å²) in [6.07, 6.45) is -0.00847. The van der Waals surface area contributed by atoms with E-state index in [1.165, 1.54) is 0 Å². The molecule has 0 saturated heterocycles. The first kappa shape index (κ1) is 16.1. The van der Waals surface area contributed by atoms with Crippen molar-refractivity contribution in [3.63, 3.8) is 0 Å². The van der Waals surface area contributed by atoms with E-state index in [0.717, 1.165) is 11.3 Å². The molecule has 0 saturated carbocycles. The van der Waals surface area contributed by atoms with E-state index in [1.54, 1.807) is 36.4 Å². The molecule has 26 heavy (non-hydrogen) atoms. The lowest BCUT2D eigenvalue weighted by Gasteiger charge is -2.12. The predicted molar refractivity (Wildman–Crippen MR) is 99.5 cm³/mol. The molecule has 3 aromatic rings. The van der Waals surface area contributed by atoms with Gasteiger partial charge in [0.15, 0.2) is 11.9 Å². The second-order valence-corrected chi connectivity index (χ2v) is 6.18. The normalized spacial score (nSPS) is 15.0. The van der Waals surface area contributed by atoms with Crippen LogP contribution in [0.4, 0.5) is 5.69 Å². The third-order valence-electron chi connectivity index (χ3n) is 4.37. The first-order chi connectivity index (χ1) is 12.7. The SMILES string of the molecule is O=C(c1ccccc1)c1cccc(NC(=O)C2Cc3ccccc3O2)c1. The van der Waals surface area contributed by atoms with Crippen molar-refractivity contribution in [3.8, 4) is 5.75 Å². The van der Waals surface area contributed by atoms with Gasteiger partial charge in [0.25, 0.3) is 5.91 Å². The Balaban J connectivity index is 1.48. The lowest BCUT2D eigenvalue weighted by Crippen LogP contribution is -2.31. The molecular weight excluding hydrogens is 326 g/mol. The minimum absolute atomic E-state index is 0.0776. The zero-order chi connectivity index (χ0) is 17.9. The van der Waals surface area contributed by atoms with Crippen LogP contribution >= 0.6 is 0 Å². The highest BCUT2D eigenvalue weighted by molar-refractivity contribution is 6.09. The van der Waals surface area contributed by atoms with Crippen LogP contribution in [0.1, 0.15) is 21.5 Å². The average molecular weight is 343 g/mol. The second kappa shape index (κ2) is 6.84. The predicted octanol–water partition coefficient (Wildman–Crippen LogP) is 3.86. The molecule has 1 amide bonds. The van der Waals surface area contributed by atoms with Crippen molar-refractivity contribution in [1.29, 1.82) is 0 Å².